The summed E-state index contributed by atoms with van der Waals surface area (Å²) in [4.78, 5) is 35.3. The molecule has 0 atom stereocenters. The summed E-state index contributed by atoms with van der Waals surface area (Å²) in [6.45, 7) is 1.90. The molecule has 1 saturated carbocycles. The minimum absolute atomic E-state index is 0.0723. The molecule has 4 heterocycles. The predicted molar refractivity (Wildman–Crippen MR) is 110 cm³/mol. The number of thiophene rings is 1. The number of carbonyl (C=O) groups excluding carboxylic acids is 1. The second-order valence-corrected chi connectivity index (χ2v) is 8.22. The Hall–Kier alpha value is -3.20. The van der Waals surface area contributed by atoms with Crippen LogP contribution in [0, 0.1) is 6.92 Å². The van der Waals surface area contributed by atoms with Crippen molar-refractivity contribution < 1.29 is 19.4 Å². The first-order valence-electron chi connectivity index (χ1n) is 9.42. The minimum atomic E-state index is -1.09. The van der Waals surface area contributed by atoms with Gasteiger partial charge in [-0.3, -0.25) is 4.90 Å². The molecule has 29 heavy (non-hydrogen) atoms. The maximum Gasteiger partial charge on any atom is 0.348 e. The Morgan fingerprint density at radius 1 is 1.31 bits per heavy atom. The number of urea groups is 1. The molecule has 2 N–H and O–H groups in total. The lowest BCUT2D eigenvalue weighted by molar-refractivity contribution is 0.0703. The van der Waals surface area contributed by atoms with E-state index in [4.69, 9.17) is 4.74 Å². The van der Waals surface area contributed by atoms with Crippen LogP contribution >= 0.6 is 11.3 Å². The van der Waals surface area contributed by atoms with E-state index in [1.807, 2.05) is 13.0 Å². The number of carbonyl (C=O) groups is 2. The molecule has 0 radical (unpaired) electrons. The number of aromatic carboxylic acids is 1. The summed E-state index contributed by atoms with van der Waals surface area (Å²) < 4.78 is 5.97. The Balaban J connectivity index is 1.57. The van der Waals surface area contributed by atoms with Crippen LogP contribution in [0.5, 0.6) is 5.88 Å². The molecule has 148 valence electrons. The molecule has 2 amide bonds. The summed E-state index contributed by atoms with van der Waals surface area (Å²) in [5, 5.41) is 12.8. The lowest BCUT2D eigenvalue weighted by atomic mass is 10.1. The van der Waals surface area contributed by atoms with Crippen molar-refractivity contribution in [3.05, 3.63) is 35.0 Å². The highest BCUT2D eigenvalue weighted by atomic mass is 32.1. The van der Waals surface area contributed by atoms with Gasteiger partial charge >= 0.3 is 12.0 Å². The van der Waals surface area contributed by atoms with E-state index in [-0.39, 0.29) is 11.0 Å². The molecule has 0 spiro atoms. The summed E-state index contributed by atoms with van der Waals surface area (Å²) >= 11 is 1.05. The number of pyridine rings is 2. The second kappa shape index (κ2) is 6.70. The quantitative estimate of drug-likeness (QED) is 0.646. The third-order valence-electron chi connectivity index (χ3n) is 5.33. The number of hydrogen-bond acceptors (Lipinski definition) is 6. The lowest BCUT2D eigenvalue weighted by Crippen LogP contribution is -2.34. The zero-order valence-electron chi connectivity index (χ0n) is 15.6. The number of ether oxygens (including phenoxy) is 1. The Labute approximate surface area is 170 Å². The number of carboxylic acids is 1. The number of hydrogen-bond donors (Lipinski definition) is 2. The average molecular weight is 410 g/mol. The second-order valence-electron chi connectivity index (χ2n) is 7.22. The summed E-state index contributed by atoms with van der Waals surface area (Å²) in [5.41, 5.74) is 2.34. The van der Waals surface area contributed by atoms with Gasteiger partial charge in [0, 0.05) is 12.3 Å². The van der Waals surface area contributed by atoms with Crippen LogP contribution in [0.2, 0.25) is 0 Å². The van der Waals surface area contributed by atoms with Gasteiger partial charge in [-0.05, 0) is 44.2 Å². The zero-order chi connectivity index (χ0) is 20.1. The maximum absolute atomic E-state index is 12.9. The van der Waals surface area contributed by atoms with Crippen molar-refractivity contribution in [1.82, 2.24) is 9.97 Å². The van der Waals surface area contributed by atoms with Gasteiger partial charge < -0.3 is 15.2 Å². The van der Waals surface area contributed by atoms with E-state index in [1.54, 1.807) is 18.5 Å². The molecule has 0 saturated heterocycles. The Bertz CT molecular complexity index is 1150. The van der Waals surface area contributed by atoms with Crippen molar-refractivity contribution >= 4 is 50.6 Å². The van der Waals surface area contributed by atoms with Crippen LogP contribution in [-0.2, 0) is 0 Å². The van der Waals surface area contributed by atoms with Gasteiger partial charge in [0.05, 0.1) is 28.6 Å². The molecule has 1 aliphatic heterocycles. The maximum atomic E-state index is 12.9. The van der Waals surface area contributed by atoms with Crippen LogP contribution in [0.25, 0.3) is 10.2 Å². The van der Waals surface area contributed by atoms with Crippen molar-refractivity contribution in [2.75, 3.05) is 10.2 Å². The topological polar surface area (TPSA) is 105 Å². The first-order chi connectivity index (χ1) is 14.0. The number of aryl methyl sites for hydroxylation is 1. The van der Waals surface area contributed by atoms with Gasteiger partial charge in [0.1, 0.15) is 15.8 Å². The number of rotatable bonds is 4. The van der Waals surface area contributed by atoms with Gasteiger partial charge in [-0.1, -0.05) is 0 Å². The largest absolute Gasteiger partial charge is 0.477 e. The Kier molecular flexibility index (Phi) is 4.13. The normalized spacial score (nSPS) is 16.3. The molecule has 3 aromatic rings. The highest BCUT2D eigenvalue weighted by Crippen LogP contribution is 2.46. The number of anilines is 3. The lowest BCUT2D eigenvalue weighted by Gasteiger charge is -2.29. The molecule has 3 aromatic heterocycles. The molecular weight excluding hydrogens is 392 g/mol. The monoisotopic (exact) mass is 410 g/mol. The molecule has 0 unspecified atom stereocenters. The molecule has 0 aromatic carbocycles. The minimum Gasteiger partial charge on any atom is -0.477 e. The first kappa shape index (κ1) is 17.9. The van der Waals surface area contributed by atoms with Crippen LogP contribution in [0.15, 0.2) is 24.5 Å². The first-order valence-corrected chi connectivity index (χ1v) is 10.2. The number of amides is 2. The van der Waals surface area contributed by atoms with Crippen molar-refractivity contribution in [2.24, 2.45) is 0 Å². The number of nitrogens with one attached hydrogen (secondary N) is 1. The fraction of sp³-hybridized carbons (Fsp3) is 0.300. The van der Waals surface area contributed by atoms with Gasteiger partial charge in [-0.25, -0.2) is 19.6 Å². The summed E-state index contributed by atoms with van der Waals surface area (Å²) in [5.74, 6) is -0.534. The van der Waals surface area contributed by atoms with Crippen LogP contribution in [0.3, 0.4) is 0 Å². The summed E-state index contributed by atoms with van der Waals surface area (Å²) in [6.07, 6.45) is 7.84. The van der Waals surface area contributed by atoms with E-state index in [2.05, 4.69) is 15.3 Å². The molecular formula is C20H18N4O4S. The van der Waals surface area contributed by atoms with E-state index in [1.165, 1.54) is 17.7 Å². The Morgan fingerprint density at radius 3 is 2.83 bits per heavy atom. The van der Waals surface area contributed by atoms with Gasteiger partial charge in [0.25, 0.3) is 0 Å². The standard InChI is InChI=1S/C20H18N4O4S/c1-10-8-14(28-11-4-2-3-5-11)22-9-13(10)24-12-6-7-21-18-15(12)16(23-20(24)27)17(29-18)19(25)26/h6-9,11H,2-5H2,1H3,(H,23,27)(H,25,26). The van der Waals surface area contributed by atoms with Gasteiger partial charge in [0.15, 0.2) is 0 Å². The van der Waals surface area contributed by atoms with Crippen LogP contribution in [0.1, 0.15) is 40.9 Å². The van der Waals surface area contributed by atoms with Gasteiger partial charge in [-0.15, -0.1) is 11.3 Å². The van der Waals surface area contributed by atoms with Crippen molar-refractivity contribution in [2.45, 2.75) is 38.7 Å². The fourth-order valence-electron chi connectivity index (χ4n) is 3.97. The smallest absolute Gasteiger partial charge is 0.348 e. The third-order valence-corrected chi connectivity index (χ3v) is 6.41. The molecule has 1 aliphatic carbocycles. The molecule has 8 nitrogen and oxygen atoms in total. The van der Waals surface area contributed by atoms with Crippen molar-refractivity contribution in [3.8, 4) is 5.88 Å². The van der Waals surface area contributed by atoms with Gasteiger partial charge in [0.2, 0.25) is 5.88 Å². The predicted octanol–water partition coefficient (Wildman–Crippen LogP) is 4.70. The highest BCUT2D eigenvalue weighted by Gasteiger charge is 2.33. The molecule has 2 aliphatic rings. The number of carboxylic acid groups (broad SMARTS) is 1. The van der Waals surface area contributed by atoms with Crippen LogP contribution < -0.4 is 15.0 Å². The third kappa shape index (κ3) is 2.89. The molecule has 1 fully saturated rings. The Morgan fingerprint density at radius 2 is 2.10 bits per heavy atom. The number of aromatic nitrogens is 2. The van der Waals surface area contributed by atoms with Crippen molar-refractivity contribution in [3.63, 3.8) is 0 Å². The zero-order valence-corrected chi connectivity index (χ0v) is 16.5. The average Bonchev–Trinajstić information content (AvgIpc) is 3.32. The molecule has 9 heteroatoms. The molecule has 0 bridgehead atoms. The van der Waals surface area contributed by atoms with Gasteiger partial charge in [-0.2, -0.15) is 0 Å². The van der Waals surface area contributed by atoms with E-state index < -0.39 is 12.0 Å². The highest BCUT2D eigenvalue weighted by molar-refractivity contribution is 7.21. The number of nitrogens with zero attached hydrogens (tertiary/aromatic N) is 3. The SMILES string of the molecule is Cc1cc(OC2CCCC2)ncc1N1C(=O)Nc2c(C(=O)O)sc3nccc1c23. The van der Waals surface area contributed by atoms with E-state index in [0.717, 1.165) is 29.7 Å². The van der Waals surface area contributed by atoms with E-state index in [0.29, 0.717) is 33.2 Å². The van der Waals surface area contributed by atoms with E-state index >= 15 is 0 Å². The van der Waals surface area contributed by atoms with Crippen molar-refractivity contribution in [1.29, 1.82) is 0 Å². The van der Waals surface area contributed by atoms with Crippen LogP contribution in [-0.4, -0.2) is 33.2 Å². The van der Waals surface area contributed by atoms with Crippen LogP contribution in [0.4, 0.5) is 21.9 Å². The summed E-state index contributed by atoms with van der Waals surface area (Å²) in [7, 11) is 0. The molecule has 5 rings (SSSR count). The van der Waals surface area contributed by atoms with E-state index in [9.17, 15) is 14.7 Å². The fourth-order valence-corrected chi connectivity index (χ4v) is 4.93. The summed E-state index contributed by atoms with van der Waals surface area (Å²) in [6, 6.07) is 3.12.